The fourth-order valence-electron chi connectivity index (χ4n) is 2.93. The molecule has 0 radical (unpaired) electrons. The molecule has 1 aromatic rings. The quantitative estimate of drug-likeness (QED) is 0.866. The third kappa shape index (κ3) is 4.08. The van der Waals surface area contributed by atoms with Crippen LogP contribution in [0.1, 0.15) is 31.6 Å². The van der Waals surface area contributed by atoms with Gasteiger partial charge in [-0.3, -0.25) is 14.5 Å². The van der Waals surface area contributed by atoms with Crippen LogP contribution in [0.25, 0.3) is 0 Å². The first-order chi connectivity index (χ1) is 10.5. The largest absolute Gasteiger partial charge is 0.369 e. The Hall–Kier alpha value is -1.40. The molecule has 2 heterocycles. The van der Waals surface area contributed by atoms with Gasteiger partial charge in [-0.25, -0.2) is 0 Å². The van der Waals surface area contributed by atoms with Gasteiger partial charge in [-0.2, -0.15) is 0 Å². The number of piperidine rings is 1. The Balaban J connectivity index is 1.91. The molecular formula is C16H25N3O2S. The number of nitrogens with zero attached hydrogens (tertiary/aromatic N) is 2. The predicted octanol–water partition coefficient (Wildman–Crippen LogP) is 1.68. The molecule has 2 rings (SSSR count). The first kappa shape index (κ1) is 17.0. The van der Waals surface area contributed by atoms with Crippen molar-refractivity contribution in [3.05, 3.63) is 22.4 Å². The molecule has 1 saturated heterocycles. The first-order valence-corrected chi connectivity index (χ1v) is 8.75. The number of likely N-dealkylation sites (N-methyl/N-ethyl adjacent to an activating group) is 1. The van der Waals surface area contributed by atoms with E-state index in [-0.39, 0.29) is 23.8 Å². The number of thiophene rings is 1. The molecule has 0 aromatic carbocycles. The molecule has 0 spiro atoms. The molecule has 5 nitrogen and oxygen atoms in total. The van der Waals surface area contributed by atoms with Crippen molar-refractivity contribution < 1.29 is 9.59 Å². The van der Waals surface area contributed by atoms with E-state index in [9.17, 15) is 9.59 Å². The highest BCUT2D eigenvalue weighted by atomic mass is 32.1. The molecule has 122 valence electrons. The van der Waals surface area contributed by atoms with Gasteiger partial charge in [-0.1, -0.05) is 13.0 Å². The number of likely N-dealkylation sites (tertiary alicyclic amines) is 1. The lowest BCUT2D eigenvalue weighted by atomic mass is 9.96. The third-order valence-electron chi connectivity index (χ3n) is 4.46. The van der Waals surface area contributed by atoms with E-state index < -0.39 is 0 Å². The number of primary amides is 1. The number of carbonyl (C=O) groups excluding carboxylic acids is 2. The third-order valence-corrected chi connectivity index (χ3v) is 5.32. The average Bonchev–Trinajstić information content (AvgIpc) is 3.04. The second-order valence-corrected chi connectivity index (χ2v) is 6.85. The molecular weight excluding hydrogens is 298 g/mol. The van der Waals surface area contributed by atoms with Crippen LogP contribution in [-0.2, 0) is 16.1 Å². The fourth-order valence-corrected chi connectivity index (χ4v) is 3.66. The van der Waals surface area contributed by atoms with E-state index in [4.69, 9.17) is 5.73 Å². The number of nitrogens with two attached hydrogens (primary N) is 1. The monoisotopic (exact) mass is 323 g/mol. The van der Waals surface area contributed by atoms with Gasteiger partial charge in [-0.15, -0.1) is 11.3 Å². The zero-order valence-electron chi connectivity index (χ0n) is 13.3. The molecule has 6 heteroatoms. The van der Waals surface area contributed by atoms with Crippen LogP contribution in [0.3, 0.4) is 0 Å². The zero-order valence-corrected chi connectivity index (χ0v) is 14.1. The van der Waals surface area contributed by atoms with Crippen molar-refractivity contribution in [1.82, 2.24) is 9.80 Å². The van der Waals surface area contributed by atoms with Gasteiger partial charge in [0.05, 0.1) is 6.04 Å². The van der Waals surface area contributed by atoms with E-state index in [1.54, 1.807) is 11.3 Å². The summed E-state index contributed by atoms with van der Waals surface area (Å²) in [6.07, 6.45) is 1.37. The van der Waals surface area contributed by atoms with Crippen LogP contribution < -0.4 is 5.73 Å². The van der Waals surface area contributed by atoms with Gasteiger partial charge < -0.3 is 10.6 Å². The van der Waals surface area contributed by atoms with Gasteiger partial charge in [0, 0.05) is 30.4 Å². The summed E-state index contributed by atoms with van der Waals surface area (Å²) < 4.78 is 0. The Morgan fingerprint density at radius 2 is 2.14 bits per heavy atom. The van der Waals surface area contributed by atoms with Gasteiger partial charge in [0.15, 0.2) is 0 Å². The SMILES string of the molecule is CCN(Cc1cccs1)C(C)C(=O)N1CCC(C(N)=O)CC1. The standard InChI is InChI=1S/C16H25N3O2S/c1-3-18(11-14-5-4-10-22-14)12(2)16(21)19-8-6-13(7-9-19)15(17)20/h4-5,10,12-13H,3,6-9,11H2,1-2H3,(H2,17,20). The smallest absolute Gasteiger partial charge is 0.239 e. The van der Waals surface area contributed by atoms with Gasteiger partial charge >= 0.3 is 0 Å². The predicted molar refractivity (Wildman–Crippen MR) is 88.4 cm³/mol. The molecule has 1 aliphatic rings. The Morgan fingerprint density at radius 1 is 1.45 bits per heavy atom. The van der Waals surface area contributed by atoms with Crippen molar-refractivity contribution in [2.75, 3.05) is 19.6 Å². The van der Waals surface area contributed by atoms with E-state index in [1.165, 1.54) is 4.88 Å². The average molecular weight is 323 g/mol. The van der Waals surface area contributed by atoms with E-state index in [0.29, 0.717) is 25.9 Å². The van der Waals surface area contributed by atoms with Crippen LogP contribution in [0.5, 0.6) is 0 Å². The lowest BCUT2D eigenvalue weighted by Crippen LogP contribution is -2.50. The fraction of sp³-hybridized carbons (Fsp3) is 0.625. The number of hydrogen-bond acceptors (Lipinski definition) is 4. The van der Waals surface area contributed by atoms with Crippen LogP contribution >= 0.6 is 11.3 Å². The number of hydrogen-bond donors (Lipinski definition) is 1. The summed E-state index contributed by atoms with van der Waals surface area (Å²) in [6, 6.07) is 4.00. The maximum Gasteiger partial charge on any atom is 0.239 e. The zero-order chi connectivity index (χ0) is 16.1. The molecule has 0 aliphatic carbocycles. The second kappa shape index (κ2) is 7.74. The maximum absolute atomic E-state index is 12.7. The molecule has 22 heavy (non-hydrogen) atoms. The first-order valence-electron chi connectivity index (χ1n) is 7.87. The molecule has 2 amide bonds. The second-order valence-electron chi connectivity index (χ2n) is 5.82. The Labute approximate surface area is 136 Å². The number of carbonyl (C=O) groups is 2. The maximum atomic E-state index is 12.7. The molecule has 0 saturated carbocycles. The summed E-state index contributed by atoms with van der Waals surface area (Å²) in [5.74, 6) is -0.165. The van der Waals surface area contributed by atoms with E-state index in [1.807, 2.05) is 17.9 Å². The molecule has 1 unspecified atom stereocenters. The summed E-state index contributed by atoms with van der Waals surface area (Å²) in [5, 5.41) is 2.06. The lowest BCUT2D eigenvalue weighted by molar-refractivity contribution is -0.139. The molecule has 1 aromatic heterocycles. The summed E-state index contributed by atoms with van der Waals surface area (Å²) in [6.45, 7) is 6.96. The van der Waals surface area contributed by atoms with E-state index in [2.05, 4.69) is 23.3 Å². The highest BCUT2D eigenvalue weighted by Gasteiger charge is 2.30. The highest BCUT2D eigenvalue weighted by Crippen LogP contribution is 2.19. The van der Waals surface area contributed by atoms with Crippen LogP contribution in [0.2, 0.25) is 0 Å². The summed E-state index contributed by atoms with van der Waals surface area (Å²) in [5.41, 5.74) is 5.34. The lowest BCUT2D eigenvalue weighted by Gasteiger charge is -2.35. The van der Waals surface area contributed by atoms with Gasteiger partial charge in [0.2, 0.25) is 11.8 Å². The Bertz CT molecular complexity index is 495. The normalized spacial score (nSPS) is 17.7. The summed E-state index contributed by atoms with van der Waals surface area (Å²) in [4.78, 5) is 29.2. The molecule has 1 aliphatic heterocycles. The molecule has 1 fully saturated rings. The van der Waals surface area contributed by atoms with Gasteiger partial charge in [-0.05, 0) is 37.8 Å². The van der Waals surface area contributed by atoms with Crippen LogP contribution in [0.4, 0.5) is 0 Å². The van der Waals surface area contributed by atoms with E-state index >= 15 is 0 Å². The van der Waals surface area contributed by atoms with E-state index in [0.717, 1.165) is 13.1 Å². The van der Waals surface area contributed by atoms with Crippen LogP contribution in [0, 0.1) is 5.92 Å². The van der Waals surface area contributed by atoms with Crippen molar-refractivity contribution in [2.24, 2.45) is 11.7 Å². The summed E-state index contributed by atoms with van der Waals surface area (Å²) in [7, 11) is 0. The van der Waals surface area contributed by atoms with Crippen molar-refractivity contribution in [1.29, 1.82) is 0 Å². The van der Waals surface area contributed by atoms with Crippen molar-refractivity contribution >= 4 is 23.2 Å². The van der Waals surface area contributed by atoms with Crippen molar-refractivity contribution in [3.8, 4) is 0 Å². The Morgan fingerprint density at radius 3 is 2.64 bits per heavy atom. The minimum absolute atomic E-state index is 0.0762. The van der Waals surface area contributed by atoms with Crippen molar-refractivity contribution in [3.63, 3.8) is 0 Å². The minimum Gasteiger partial charge on any atom is -0.369 e. The van der Waals surface area contributed by atoms with Crippen molar-refractivity contribution in [2.45, 2.75) is 39.3 Å². The molecule has 1 atom stereocenters. The minimum atomic E-state index is -0.243. The van der Waals surface area contributed by atoms with Crippen LogP contribution in [0.15, 0.2) is 17.5 Å². The topological polar surface area (TPSA) is 66.6 Å². The number of rotatable bonds is 6. The van der Waals surface area contributed by atoms with Gasteiger partial charge in [0.25, 0.3) is 0 Å². The molecule has 2 N–H and O–H groups in total. The van der Waals surface area contributed by atoms with Crippen LogP contribution in [-0.4, -0.2) is 47.3 Å². The Kier molecular flexibility index (Phi) is 5.97. The summed E-state index contributed by atoms with van der Waals surface area (Å²) >= 11 is 1.72. The van der Waals surface area contributed by atoms with Gasteiger partial charge in [0.1, 0.15) is 0 Å². The number of amides is 2. The highest BCUT2D eigenvalue weighted by molar-refractivity contribution is 7.09. The molecule has 0 bridgehead atoms.